The highest BCUT2D eigenvalue weighted by molar-refractivity contribution is 4.61. The predicted molar refractivity (Wildman–Crippen MR) is 37.2 cm³/mol. The van der Waals surface area contributed by atoms with E-state index in [2.05, 4.69) is 0 Å². The summed E-state index contributed by atoms with van der Waals surface area (Å²) in [6, 6.07) is 0. The Morgan fingerprint density at radius 3 is 1.67 bits per heavy atom. The van der Waals surface area contributed by atoms with Crippen LogP contribution in [0.3, 0.4) is 0 Å². The van der Waals surface area contributed by atoms with Crippen LogP contribution in [0.25, 0.3) is 0 Å². The fourth-order valence-corrected chi connectivity index (χ4v) is 1.08. The van der Waals surface area contributed by atoms with Gasteiger partial charge in [-0.2, -0.15) is 0 Å². The first kappa shape index (κ1) is 8.92. The molecule has 0 spiro atoms. The lowest BCUT2D eigenvalue weighted by atomic mass is 9.98. The van der Waals surface area contributed by atoms with E-state index < -0.39 is 0 Å². The highest BCUT2D eigenvalue weighted by Gasteiger charge is 2.07. The molecule has 0 amide bonds. The summed E-state index contributed by atoms with van der Waals surface area (Å²) in [5, 5.41) is 15.9. The first-order valence-corrected chi connectivity index (χ1v) is 3.52. The Hall–Kier alpha value is -0.0800. The number of aliphatic hydroxyl groups is 2. The van der Waals surface area contributed by atoms with Crippen LogP contribution in [-0.4, -0.2) is 23.4 Å². The lowest BCUT2D eigenvalue weighted by Crippen LogP contribution is -2.09. The molecule has 2 N–H and O–H groups in total. The molecule has 1 aliphatic rings. The molecule has 1 fully saturated rings. The summed E-state index contributed by atoms with van der Waals surface area (Å²) in [6.07, 6.45) is 5.92. The van der Waals surface area contributed by atoms with Crippen molar-refractivity contribution in [2.24, 2.45) is 0 Å². The minimum Gasteiger partial charge on any atom is -0.400 e. The third kappa shape index (κ3) is 4.43. The molecule has 0 atom stereocenters. The average molecular weight is 132 g/mol. The van der Waals surface area contributed by atoms with Crippen LogP contribution in [0.1, 0.15) is 32.1 Å². The maximum Gasteiger partial charge on any atom is 0.0540 e. The van der Waals surface area contributed by atoms with Gasteiger partial charge in [-0.15, -0.1) is 0 Å². The smallest absolute Gasteiger partial charge is 0.0540 e. The summed E-state index contributed by atoms with van der Waals surface area (Å²) >= 11 is 0. The van der Waals surface area contributed by atoms with Crippen molar-refractivity contribution in [2.75, 3.05) is 7.11 Å². The molecule has 0 saturated heterocycles. The zero-order chi connectivity index (χ0) is 7.11. The summed E-state index contributed by atoms with van der Waals surface area (Å²) in [5.74, 6) is 0. The molecule has 2 nitrogen and oxygen atoms in total. The Balaban J connectivity index is 0.000000291. The molecule has 0 aromatic rings. The van der Waals surface area contributed by atoms with Gasteiger partial charge in [-0.05, 0) is 12.8 Å². The molecule has 1 saturated carbocycles. The molecule has 2 heteroatoms. The minimum atomic E-state index is 0.0359. The van der Waals surface area contributed by atoms with Gasteiger partial charge in [0.05, 0.1) is 6.10 Å². The van der Waals surface area contributed by atoms with Crippen LogP contribution in [0.5, 0.6) is 0 Å². The Morgan fingerprint density at radius 1 is 1.00 bits per heavy atom. The highest BCUT2D eigenvalue weighted by Crippen LogP contribution is 2.16. The number of hydrogen-bond acceptors (Lipinski definition) is 2. The van der Waals surface area contributed by atoms with Crippen LogP contribution >= 0.6 is 0 Å². The van der Waals surface area contributed by atoms with E-state index >= 15 is 0 Å². The van der Waals surface area contributed by atoms with Crippen LogP contribution in [0.2, 0.25) is 0 Å². The minimum absolute atomic E-state index is 0.0359. The normalized spacial score (nSPS) is 20.3. The van der Waals surface area contributed by atoms with E-state index in [0.717, 1.165) is 20.0 Å². The summed E-state index contributed by atoms with van der Waals surface area (Å²) in [7, 11) is 1.00. The molecule has 9 heavy (non-hydrogen) atoms. The van der Waals surface area contributed by atoms with E-state index in [-0.39, 0.29) is 6.10 Å². The zero-order valence-electron chi connectivity index (χ0n) is 6.01. The van der Waals surface area contributed by atoms with Gasteiger partial charge in [-0.1, -0.05) is 19.3 Å². The van der Waals surface area contributed by atoms with Crippen molar-refractivity contribution in [1.29, 1.82) is 0 Å². The molecule has 0 unspecified atom stereocenters. The van der Waals surface area contributed by atoms with Crippen molar-refractivity contribution in [3.8, 4) is 0 Å². The molecule has 0 aromatic heterocycles. The van der Waals surface area contributed by atoms with Crippen molar-refractivity contribution in [3.63, 3.8) is 0 Å². The second-order valence-electron chi connectivity index (χ2n) is 2.29. The van der Waals surface area contributed by atoms with E-state index in [4.69, 9.17) is 10.2 Å². The molecule has 1 rings (SSSR count). The second kappa shape index (κ2) is 6.05. The largest absolute Gasteiger partial charge is 0.400 e. The standard InChI is InChI=1S/C6H12O.CH4O/c7-6-4-2-1-3-5-6;1-2/h6-7H,1-5H2;2H,1H3. The van der Waals surface area contributed by atoms with E-state index in [9.17, 15) is 0 Å². The number of hydrogen-bond donors (Lipinski definition) is 2. The van der Waals surface area contributed by atoms with Gasteiger partial charge in [0.25, 0.3) is 0 Å². The molecule has 0 heterocycles. The quantitative estimate of drug-likeness (QED) is 0.514. The molecular formula is C7H16O2. The third-order valence-electron chi connectivity index (χ3n) is 1.57. The lowest BCUT2D eigenvalue weighted by molar-refractivity contribution is 0.130. The van der Waals surface area contributed by atoms with Crippen LogP contribution in [0.15, 0.2) is 0 Å². The van der Waals surface area contributed by atoms with Gasteiger partial charge in [0, 0.05) is 7.11 Å². The Kier molecular flexibility index (Phi) is 5.99. The van der Waals surface area contributed by atoms with E-state index in [1.807, 2.05) is 0 Å². The van der Waals surface area contributed by atoms with Crippen molar-refractivity contribution in [3.05, 3.63) is 0 Å². The van der Waals surface area contributed by atoms with Crippen molar-refractivity contribution >= 4 is 0 Å². The molecule has 0 aromatic carbocycles. The molecule has 1 aliphatic carbocycles. The molecule has 0 radical (unpaired) electrons. The van der Waals surface area contributed by atoms with Gasteiger partial charge in [0.15, 0.2) is 0 Å². The van der Waals surface area contributed by atoms with Gasteiger partial charge in [0.2, 0.25) is 0 Å². The summed E-state index contributed by atoms with van der Waals surface area (Å²) < 4.78 is 0. The maximum absolute atomic E-state index is 8.91. The second-order valence-corrected chi connectivity index (χ2v) is 2.29. The Labute approximate surface area is 56.5 Å². The van der Waals surface area contributed by atoms with E-state index in [1.165, 1.54) is 19.3 Å². The lowest BCUT2D eigenvalue weighted by Gasteiger charge is -2.14. The maximum atomic E-state index is 8.91. The van der Waals surface area contributed by atoms with Gasteiger partial charge < -0.3 is 10.2 Å². The molecule has 56 valence electrons. The molecule has 0 bridgehead atoms. The topological polar surface area (TPSA) is 40.5 Å². The SMILES string of the molecule is CO.OC1CCCCC1. The Morgan fingerprint density at radius 2 is 1.44 bits per heavy atom. The monoisotopic (exact) mass is 132 g/mol. The van der Waals surface area contributed by atoms with Crippen LogP contribution < -0.4 is 0 Å². The zero-order valence-corrected chi connectivity index (χ0v) is 6.01. The molecule has 0 aliphatic heterocycles. The summed E-state index contributed by atoms with van der Waals surface area (Å²) in [4.78, 5) is 0. The van der Waals surface area contributed by atoms with Gasteiger partial charge in [-0.3, -0.25) is 0 Å². The number of rotatable bonds is 0. The number of aliphatic hydroxyl groups excluding tert-OH is 2. The summed E-state index contributed by atoms with van der Waals surface area (Å²) in [5.41, 5.74) is 0. The van der Waals surface area contributed by atoms with Crippen molar-refractivity contribution in [1.82, 2.24) is 0 Å². The predicted octanol–water partition coefficient (Wildman–Crippen LogP) is 0.920. The van der Waals surface area contributed by atoms with E-state index in [0.29, 0.717) is 0 Å². The van der Waals surface area contributed by atoms with Crippen LogP contribution in [0, 0.1) is 0 Å². The van der Waals surface area contributed by atoms with Crippen molar-refractivity contribution < 1.29 is 10.2 Å². The molecular weight excluding hydrogens is 116 g/mol. The van der Waals surface area contributed by atoms with Gasteiger partial charge in [0.1, 0.15) is 0 Å². The van der Waals surface area contributed by atoms with E-state index in [1.54, 1.807) is 0 Å². The van der Waals surface area contributed by atoms with Crippen LogP contribution in [0.4, 0.5) is 0 Å². The van der Waals surface area contributed by atoms with Crippen molar-refractivity contribution in [2.45, 2.75) is 38.2 Å². The fourth-order valence-electron chi connectivity index (χ4n) is 1.08. The Bertz CT molecular complexity index is 48.9. The van der Waals surface area contributed by atoms with Crippen LogP contribution in [-0.2, 0) is 0 Å². The highest BCUT2D eigenvalue weighted by atomic mass is 16.3. The first-order chi connectivity index (χ1) is 4.39. The van der Waals surface area contributed by atoms with Gasteiger partial charge >= 0.3 is 0 Å². The van der Waals surface area contributed by atoms with Gasteiger partial charge in [-0.25, -0.2) is 0 Å². The first-order valence-electron chi connectivity index (χ1n) is 3.52. The summed E-state index contributed by atoms with van der Waals surface area (Å²) in [6.45, 7) is 0. The average Bonchev–Trinajstić information content (AvgIpc) is 1.94. The third-order valence-corrected chi connectivity index (χ3v) is 1.57. The fraction of sp³-hybridized carbons (Fsp3) is 1.00.